The molecule has 1 aliphatic rings. The number of carbonyl (C=O) groups excluding carboxylic acids is 1. The molecule has 1 aliphatic carbocycles. The summed E-state index contributed by atoms with van der Waals surface area (Å²) in [7, 11) is 0. The predicted molar refractivity (Wildman–Crippen MR) is 57.6 cm³/mol. The zero-order chi connectivity index (χ0) is 11.5. The van der Waals surface area contributed by atoms with Crippen molar-refractivity contribution in [2.45, 2.75) is 64.2 Å². The van der Waals surface area contributed by atoms with Crippen molar-refractivity contribution in [2.24, 2.45) is 0 Å². The summed E-state index contributed by atoms with van der Waals surface area (Å²) in [6, 6.07) is 0. The molecule has 1 fully saturated rings. The first kappa shape index (κ1) is 12.3. The molecule has 0 saturated heterocycles. The molecule has 0 aromatic rings. The van der Waals surface area contributed by atoms with Crippen molar-refractivity contribution in [1.29, 1.82) is 0 Å². The minimum Gasteiger partial charge on any atom is -0.446 e. The third-order valence-corrected chi connectivity index (χ3v) is 2.35. The average molecular weight is 215 g/mol. The van der Waals surface area contributed by atoms with Gasteiger partial charge in [0.1, 0.15) is 6.10 Å². The van der Waals surface area contributed by atoms with Crippen LogP contribution >= 0.6 is 0 Å². The van der Waals surface area contributed by atoms with E-state index in [1.54, 1.807) is 0 Å². The summed E-state index contributed by atoms with van der Waals surface area (Å²) >= 11 is 0. The van der Waals surface area contributed by atoms with Crippen LogP contribution in [0.15, 0.2) is 0 Å². The van der Waals surface area contributed by atoms with Crippen LogP contribution in [0.5, 0.6) is 0 Å². The van der Waals surface area contributed by atoms with Gasteiger partial charge < -0.3 is 15.2 Å². The molecular weight excluding hydrogens is 194 g/mol. The van der Waals surface area contributed by atoms with E-state index in [2.05, 4.69) is 5.32 Å². The van der Waals surface area contributed by atoms with Gasteiger partial charge in [-0.1, -0.05) is 0 Å². The second-order valence-electron chi connectivity index (χ2n) is 5.22. The number of carbonyl (C=O) groups is 1. The lowest BCUT2D eigenvalue weighted by molar-refractivity contribution is 0.0207. The molecule has 0 aromatic carbocycles. The molecule has 0 bridgehead atoms. The summed E-state index contributed by atoms with van der Waals surface area (Å²) in [5, 5.41) is 12.2. The highest BCUT2D eigenvalue weighted by atomic mass is 16.6. The first-order chi connectivity index (χ1) is 6.87. The van der Waals surface area contributed by atoms with Crippen molar-refractivity contribution >= 4 is 6.09 Å². The molecule has 2 N–H and O–H groups in total. The van der Waals surface area contributed by atoms with E-state index >= 15 is 0 Å². The summed E-state index contributed by atoms with van der Waals surface area (Å²) in [4.78, 5) is 11.4. The molecule has 1 saturated carbocycles. The number of aliphatic hydroxyl groups is 1. The van der Waals surface area contributed by atoms with Gasteiger partial charge in [-0.3, -0.25) is 0 Å². The largest absolute Gasteiger partial charge is 0.446 e. The fourth-order valence-electron chi connectivity index (χ4n) is 1.71. The monoisotopic (exact) mass is 215 g/mol. The summed E-state index contributed by atoms with van der Waals surface area (Å²) < 4.78 is 5.23. The molecule has 2 atom stereocenters. The van der Waals surface area contributed by atoms with E-state index in [-0.39, 0.29) is 23.8 Å². The normalized spacial score (nSPS) is 27.2. The second kappa shape index (κ2) is 4.84. The Morgan fingerprint density at radius 3 is 2.60 bits per heavy atom. The van der Waals surface area contributed by atoms with Crippen LogP contribution in [0, 0.1) is 0 Å². The maximum Gasteiger partial charge on any atom is 0.407 e. The molecule has 15 heavy (non-hydrogen) atoms. The maximum atomic E-state index is 11.4. The first-order valence-electron chi connectivity index (χ1n) is 5.54. The van der Waals surface area contributed by atoms with E-state index in [1.165, 1.54) is 0 Å². The van der Waals surface area contributed by atoms with E-state index in [4.69, 9.17) is 4.74 Å². The number of hydrogen-bond donors (Lipinski definition) is 2. The SMILES string of the molecule is CC(C)(C)NC(=O)O[C@H]1CCC[C@H](O)C1. The molecule has 0 unspecified atom stereocenters. The Balaban J connectivity index is 2.31. The summed E-state index contributed by atoms with van der Waals surface area (Å²) in [5.41, 5.74) is -0.273. The zero-order valence-corrected chi connectivity index (χ0v) is 9.75. The van der Waals surface area contributed by atoms with Crippen LogP contribution in [0.2, 0.25) is 0 Å². The lowest BCUT2D eigenvalue weighted by atomic mass is 9.95. The molecule has 1 amide bonds. The lowest BCUT2D eigenvalue weighted by Crippen LogP contribution is -2.43. The third kappa shape index (κ3) is 5.02. The molecule has 88 valence electrons. The summed E-state index contributed by atoms with van der Waals surface area (Å²) in [5.74, 6) is 0. The minimum atomic E-state index is -0.387. The van der Waals surface area contributed by atoms with E-state index in [1.807, 2.05) is 20.8 Å². The van der Waals surface area contributed by atoms with Crippen LogP contribution in [0.1, 0.15) is 46.5 Å². The van der Waals surface area contributed by atoms with Crippen molar-refractivity contribution in [3.05, 3.63) is 0 Å². The van der Waals surface area contributed by atoms with E-state index in [0.29, 0.717) is 6.42 Å². The smallest absolute Gasteiger partial charge is 0.407 e. The Labute approximate surface area is 91.0 Å². The van der Waals surface area contributed by atoms with Crippen molar-refractivity contribution < 1.29 is 14.6 Å². The molecule has 1 rings (SSSR count). The van der Waals surface area contributed by atoms with Crippen molar-refractivity contribution in [3.8, 4) is 0 Å². The van der Waals surface area contributed by atoms with Crippen LogP contribution in [0.4, 0.5) is 4.79 Å². The molecule has 0 aliphatic heterocycles. The van der Waals surface area contributed by atoms with Crippen LogP contribution < -0.4 is 5.32 Å². The molecule has 4 nitrogen and oxygen atoms in total. The van der Waals surface area contributed by atoms with Crippen LogP contribution in [0.25, 0.3) is 0 Å². The first-order valence-corrected chi connectivity index (χ1v) is 5.54. The summed E-state index contributed by atoms with van der Waals surface area (Å²) in [6.07, 6.45) is 2.34. The van der Waals surface area contributed by atoms with Gasteiger partial charge >= 0.3 is 6.09 Å². The van der Waals surface area contributed by atoms with Crippen LogP contribution in [-0.2, 0) is 4.74 Å². The Bertz CT molecular complexity index is 222. The highest BCUT2D eigenvalue weighted by Gasteiger charge is 2.24. The Kier molecular flexibility index (Phi) is 3.97. The number of ether oxygens (including phenoxy) is 1. The quantitative estimate of drug-likeness (QED) is 0.701. The molecular formula is C11H21NO3. The average Bonchev–Trinajstić information content (AvgIpc) is 1.99. The third-order valence-electron chi connectivity index (χ3n) is 2.35. The van der Waals surface area contributed by atoms with E-state index < -0.39 is 0 Å². The standard InChI is InChI=1S/C11H21NO3/c1-11(2,3)12-10(14)15-9-6-4-5-8(13)7-9/h8-9,13H,4-7H2,1-3H3,(H,12,14)/t8-,9-/m0/s1. The lowest BCUT2D eigenvalue weighted by Gasteiger charge is -2.27. The van der Waals surface area contributed by atoms with E-state index in [9.17, 15) is 9.90 Å². The van der Waals surface area contributed by atoms with Crippen LogP contribution in [0.3, 0.4) is 0 Å². The molecule has 4 heteroatoms. The number of alkyl carbamates (subject to hydrolysis) is 1. The second-order valence-corrected chi connectivity index (χ2v) is 5.22. The number of rotatable bonds is 1. The highest BCUT2D eigenvalue weighted by Crippen LogP contribution is 2.21. The topological polar surface area (TPSA) is 58.6 Å². The molecule has 0 spiro atoms. The number of hydrogen-bond acceptors (Lipinski definition) is 3. The number of amides is 1. The van der Waals surface area contributed by atoms with Gasteiger partial charge in [0.2, 0.25) is 0 Å². The van der Waals surface area contributed by atoms with Gasteiger partial charge in [-0.05, 0) is 40.0 Å². The summed E-state index contributed by atoms with van der Waals surface area (Å²) in [6.45, 7) is 5.72. The van der Waals surface area contributed by atoms with Crippen LogP contribution in [-0.4, -0.2) is 28.9 Å². The maximum absolute atomic E-state index is 11.4. The van der Waals surface area contributed by atoms with E-state index in [0.717, 1.165) is 19.3 Å². The minimum absolute atomic E-state index is 0.129. The Hall–Kier alpha value is -0.770. The van der Waals surface area contributed by atoms with Gasteiger partial charge in [-0.15, -0.1) is 0 Å². The molecule has 0 aromatic heterocycles. The van der Waals surface area contributed by atoms with Gasteiger partial charge in [0.25, 0.3) is 0 Å². The van der Waals surface area contributed by atoms with Gasteiger partial charge in [-0.25, -0.2) is 4.79 Å². The fourth-order valence-corrected chi connectivity index (χ4v) is 1.71. The zero-order valence-electron chi connectivity index (χ0n) is 9.75. The van der Waals surface area contributed by atoms with Crippen molar-refractivity contribution in [2.75, 3.05) is 0 Å². The fraction of sp³-hybridized carbons (Fsp3) is 0.909. The van der Waals surface area contributed by atoms with Crippen molar-refractivity contribution in [1.82, 2.24) is 5.32 Å². The number of nitrogens with one attached hydrogen (secondary N) is 1. The van der Waals surface area contributed by atoms with Crippen molar-refractivity contribution in [3.63, 3.8) is 0 Å². The Morgan fingerprint density at radius 2 is 2.07 bits per heavy atom. The number of aliphatic hydroxyl groups excluding tert-OH is 1. The predicted octanol–water partition coefficient (Wildman–Crippen LogP) is 1.81. The van der Waals surface area contributed by atoms with Gasteiger partial charge in [0.15, 0.2) is 0 Å². The van der Waals surface area contributed by atoms with Gasteiger partial charge in [0, 0.05) is 12.0 Å². The van der Waals surface area contributed by atoms with Gasteiger partial charge in [0.05, 0.1) is 6.10 Å². The van der Waals surface area contributed by atoms with Gasteiger partial charge in [-0.2, -0.15) is 0 Å². The highest BCUT2D eigenvalue weighted by molar-refractivity contribution is 5.68. The molecule has 0 heterocycles. The molecule has 0 radical (unpaired) electrons. The Morgan fingerprint density at radius 1 is 1.40 bits per heavy atom.